The van der Waals surface area contributed by atoms with Crippen LogP contribution in [0.4, 0.5) is 13.2 Å². The number of hydrogen-bond acceptors (Lipinski definition) is 3. The van der Waals surface area contributed by atoms with Crippen molar-refractivity contribution in [1.82, 2.24) is 10.2 Å². The molecule has 0 radical (unpaired) electrons. The molecule has 1 aliphatic heterocycles. The summed E-state index contributed by atoms with van der Waals surface area (Å²) < 4.78 is 38.4. The van der Waals surface area contributed by atoms with Gasteiger partial charge in [-0.3, -0.25) is 9.59 Å². The summed E-state index contributed by atoms with van der Waals surface area (Å²) in [6.07, 6.45) is -2.18. The lowest BCUT2D eigenvalue weighted by Crippen LogP contribution is -2.41. The molecule has 1 saturated carbocycles. The summed E-state index contributed by atoms with van der Waals surface area (Å²) in [5, 5.41) is 2.79. The average Bonchev–Trinajstić information content (AvgIpc) is 3.37. The molecular formula is C18H22F3N3O2. The molecule has 26 heavy (non-hydrogen) atoms. The molecule has 8 heteroatoms. The standard InChI is InChI=1S/C18H22F3N3O2/c19-18(20,21)14-3-1-2-11(6-14)9-24-10-13(7-16(24)25)17(26)23-8-15(22)12-4-5-12/h1-3,6,12-13,15H,4-5,7-10,22H2,(H,23,26). The van der Waals surface area contributed by atoms with Gasteiger partial charge in [0.25, 0.3) is 0 Å². The molecule has 3 N–H and O–H groups in total. The van der Waals surface area contributed by atoms with Crippen LogP contribution in [0.15, 0.2) is 24.3 Å². The second kappa shape index (κ2) is 7.26. The molecule has 2 fully saturated rings. The normalized spacial score (nSPS) is 21.8. The largest absolute Gasteiger partial charge is 0.416 e. The molecule has 2 unspecified atom stereocenters. The number of likely N-dealkylation sites (tertiary alicyclic amines) is 1. The Kier molecular flexibility index (Phi) is 5.22. The number of carbonyl (C=O) groups is 2. The first-order valence-corrected chi connectivity index (χ1v) is 8.71. The van der Waals surface area contributed by atoms with Crippen molar-refractivity contribution in [3.8, 4) is 0 Å². The number of rotatable bonds is 6. The fourth-order valence-corrected chi connectivity index (χ4v) is 3.22. The molecule has 3 rings (SSSR count). The Labute approximate surface area is 149 Å². The van der Waals surface area contributed by atoms with Crippen molar-refractivity contribution in [2.45, 2.75) is 38.0 Å². The van der Waals surface area contributed by atoms with E-state index in [4.69, 9.17) is 5.73 Å². The van der Waals surface area contributed by atoms with Gasteiger partial charge in [0.2, 0.25) is 11.8 Å². The second-order valence-electron chi connectivity index (χ2n) is 7.12. The van der Waals surface area contributed by atoms with Gasteiger partial charge in [0.1, 0.15) is 0 Å². The maximum atomic E-state index is 12.8. The Hall–Kier alpha value is -2.09. The zero-order chi connectivity index (χ0) is 18.9. The van der Waals surface area contributed by atoms with Gasteiger partial charge in [0.05, 0.1) is 11.5 Å². The van der Waals surface area contributed by atoms with Crippen LogP contribution in [0.2, 0.25) is 0 Å². The number of carbonyl (C=O) groups excluding carboxylic acids is 2. The van der Waals surface area contributed by atoms with Crippen LogP contribution in [0.3, 0.4) is 0 Å². The SMILES string of the molecule is NC(CNC(=O)C1CC(=O)N(Cc2cccc(C(F)(F)F)c2)C1)C1CC1. The van der Waals surface area contributed by atoms with Crippen molar-refractivity contribution < 1.29 is 22.8 Å². The lowest BCUT2D eigenvalue weighted by atomic mass is 10.1. The van der Waals surface area contributed by atoms with Crippen molar-refractivity contribution in [3.05, 3.63) is 35.4 Å². The van der Waals surface area contributed by atoms with Crippen LogP contribution in [0, 0.1) is 11.8 Å². The van der Waals surface area contributed by atoms with E-state index < -0.39 is 17.7 Å². The summed E-state index contributed by atoms with van der Waals surface area (Å²) in [6.45, 7) is 0.662. The van der Waals surface area contributed by atoms with E-state index in [2.05, 4.69) is 5.32 Å². The maximum absolute atomic E-state index is 12.8. The number of nitrogens with two attached hydrogens (primary N) is 1. The zero-order valence-electron chi connectivity index (χ0n) is 14.3. The highest BCUT2D eigenvalue weighted by Crippen LogP contribution is 2.31. The van der Waals surface area contributed by atoms with Gasteiger partial charge in [0.15, 0.2) is 0 Å². The third-order valence-electron chi connectivity index (χ3n) is 4.95. The van der Waals surface area contributed by atoms with E-state index in [1.54, 1.807) is 6.07 Å². The number of nitrogens with one attached hydrogen (secondary N) is 1. The van der Waals surface area contributed by atoms with Crippen LogP contribution in [0.25, 0.3) is 0 Å². The lowest BCUT2D eigenvalue weighted by molar-refractivity contribution is -0.137. The molecule has 2 amide bonds. The summed E-state index contributed by atoms with van der Waals surface area (Å²) in [4.78, 5) is 25.8. The van der Waals surface area contributed by atoms with Crippen LogP contribution < -0.4 is 11.1 Å². The van der Waals surface area contributed by atoms with E-state index in [9.17, 15) is 22.8 Å². The Morgan fingerprint density at radius 1 is 1.35 bits per heavy atom. The molecule has 142 valence electrons. The second-order valence-corrected chi connectivity index (χ2v) is 7.12. The Morgan fingerprint density at radius 2 is 2.08 bits per heavy atom. The van der Waals surface area contributed by atoms with E-state index in [0.29, 0.717) is 18.0 Å². The quantitative estimate of drug-likeness (QED) is 0.804. The van der Waals surface area contributed by atoms with Crippen molar-refractivity contribution in [2.75, 3.05) is 13.1 Å². The molecular weight excluding hydrogens is 347 g/mol. The highest BCUT2D eigenvalue weighted by molar-refractivity contribution is 5.89. The highest BCUT2D eigenvalue weighted by atomic mass is 19.4. The fourth-order valence-electron chi connectivity index (χ4n) is 3.22. The van der Waals surface area contributed by atoms with E-state index in [1.807, 2.05) is 0 Å². The monoisotopic (exact) mass is 369 g/mol. The van der Waals surface area contributed by atoms with Gasteiger partial charge < -0.3 is 16.0 Å². The van der Waals surface area contributed by atoms with Crippen LogP contribution in [0.1, 0.15) is 30.4 Å². The van der Waals surface area contributed by atoms with Crippen LogP contribution in [0.5, 0.6) is 0 Å². The molecule has 0 spiro atoms. The summed E-state index contributed by atoms with van der Waals surface area (Å²) in [7, 11) is 0. The topological polar surface area (TPSA) is 75.4 Å². The lowest BCUT2D eigenvalue weighted by Gasteiger charge is -2.18. The summed E-state index contributed by atoms with van der Waals surface area (Å²) in [6, 6.07) is 4.84. The minimum atomic E-state index is -4.42. The number of alkyl halides is 3. The Bertz CT molecular complexity index is 689. The van der Waals surface area contributed by atoms with Crippen LogP contribution in [-0.4, -0.2) is 35.8 Å². The summed E-state index contributed by atoms with van der Waals surface area (Å²) in [5.41, 5.74) is 5.60. The van der Waals surface area contributed by atoms with E-state index >= 15 is 0 Å². The number of halogens is 3. The zero-order valence-corrected chi connectivity index (χ0v) is 14.3. The molecule has 2 atom stereocenters. The number of benzene rings is 1. The van der Waals surface area contributed by atoms with E-state index in [1.165, 1.54) is 11.0 Å². The predicted molar refractivity (Wildman–Crippen MR) is 88.7 cm³/mol. The smallest absolute Gasteiger partial charge is 0.354 e. The van der Waals surface area contributed by atoms with Gasteiger partial charge in [-0.25, -0.2) is 0 Å². The third-order valence-corrected chi connectivity index (χ3v) is 4.95. The predicted octanol–water partition coefficient (Wildman–Crippen LogP) is 1.91. The van der Waals surface area contributed by atoms with Gasteiger partial charge in [-0.2, -0.15) is 13.2 Å². The van der Waals surface area contributed by atoms with Gasteiger partial charge in [-0.15, -0.1) is 0 Å². The van der Waals surface area contributed by atoms with Crippen molar-refractivity contribution in [3.63, 3.8) is 0 Å². The Morgan fingerprint density at radius 3 is 2.73 bits per heavy atom. The van der Waals surface area contributed by atoms with Crippen LogP contribution >= 0.6 is 0 Å². The number of amides is 2. The first kappa shape index (κ1) is 18.7. The highest BCUT2D eigenvalue weighted by Gasteiger charge is 2.36. The third kappa shape index (κ3) is 4.55. The summed E-state index contributed by atoms with van der Waals surface area (Å²) in [5.74, 6) is -0.465. The molecule has 1 aliphatic carbocycles. The number of nitrogens with zero attached hydrogens (tertiary/aromatic N) is 1. The Balaban J connectivity index is 1.55. The molecule has 0 aromatic heterocycles. The first-order chi connectivity index (χ1) is 12.2. The molecule has 5 nitrogen and oxygen atoms in total. The van der Waals surface area contributed by atoms with Crippen molar-refractivity contribution in [2.24, 2.45) is 17.6 Å². The summed E-state index contributed by atoms with van der Waals surface area (Å²) >= 11 is 0. The van der Waals surface area contributed by atoms with Gasteiger partial charge >= 0.3 is 6.18 Å². The van der Waals surface area contributed by atoms with Gasteiger partial charge in [-0.1, -0.05) is 12.1 Å². The van der Waals surface area contributed by atoms with E-state index in [-0.39, 0.29) is 37.4 Å². The molecule has 2 aliphatic rings. The molecule has 0 bridgehead atoms. The number of hydrogen-bond donors (Lipinski definition) is 2. The van der Waals surface area contributed by atoms with Gasteiger partial charge in [0, 0.05) is 32.1 Å². The molecule has 1 saturated heterocycles. The minimum absolute atomic E-state index is 0.0581. The first-order valence-electron chi connectivity index (χ1n) is 8.71. The van der Waals surface area contributed by atoms with Crippen molar-refractivity contribution in [1.29, 1.82) is 0 Å². The van der Waals surface area contributed by atoms with Crippen LogP contribution in [-0.2, 0) is 22.3 Å². The van der Waals surface area contributed by atoms with E-state index in [0.717, 1.165) is 25.0 Å². The van der Waals surface area contributed by atoms with Gasteiger partial charge in [-0.05, 0) is 36.5 Å². The average molecular weight is 369 g/mol. The molecule has 1 heterocycles. The fraction of sp³-hybridized carbons (Fsp3) is 0.556. The molecule has 1 aromatic rings. The minimum Gasteiger partial charge on any atom is -0.354 e. The molecule has 1 aromatic carbocycles. The maximum Gasteiger partial charge on any atom is 0.416 e. The van der Waals surface area contributed by atoms with Crippen molar-refractivity contribution >= 4 is 11.8 Å².